The van der Waals surface area contributed by atoms with Crippen molar-refractivity contribution in [1.29, 1.82) is 0 Å². The van der Waals surface area contributed by atoms with Gasteiger partial charge in [0.05, 0.1) is 11.0 Å². The number of ether oxygens (including phenoxy) is 1. The summed E-state index contributed by atoms with van der Waals surface area (Å²) in [6, 6.07) is 15.6. The molecule has 0 atom stereocenters. The molecule has 2 aromatic carbocycles. The van der Waals surface area contributed by atoms with Crippen molar-refractivity contribution in [2.45, 2.75) is 37.5 Å². The number of carbonyl (C=O) groups is 1. The van der Waals surface area contributed by atoms with Crippen molar-refractivity contribution in [1.82, 2.24) is 10.1 Å². The topological polar surface area (TPSA) is 85.5 Å². The third-order valence-corrected chi connectivity index (χ3v) is 5.90. The molecule has 3 aromatic rings. The van der Waals surface area contributed by atoms with Crippen LogP contribution in [0.5, 0.6) is 5.75 Å². The molecule has 0 aliphatic heterocycles. The lowest BCUT2D eigenvalue weighted by molar-refractivity contribution is -0.139. The minimum Gasteiger partial charge on any atom is -0.481 e. The van der Waals surface area contributed by atoms with Gasteiger partial charge in [0.25, 0.3) is 5.89 Å². The number of halogens is 1. The van der Waals surface area contributed by atoms with Gasteiger partial charge in [-0.2, -0.15) is 4.98 Å². The van der Waals surface area contributed by atoms with Gasteiger partial charge in [-0.15, -0.1) is 0 Å². The van der Waals surface area contributed by atoms with Gasteiger partial charge in [-0.25, -0.2) is 4.79 Å². The van der Waals surface area contributed by atoms with Crippen LogP contribution in [0.3, 0.4) is 0 Å². The molecule has 1 aromatic heterocycles. The lowest BCUT2D eigenvalue weighted by atomic mass is 9.69. The lowest BCUT2D eigenvalue weighted by Crippen LogP contribution is -2.31. The molecular weight excluding hydrogens is 436 g/mol. The van der Waals surface area contributed by atoms with Crippen molar-refractivity contribution >= 4 is 21.9 Å². The molecule has 0 unspecified atom stereocenters. The summed E-state index contributed by atoms with van der Waals surface area (Å²) >= 11 is 3.44. The maximum absolute atomic E-state index is 10.9. The van der Waals surface area contributed by atoms with Crippen LogP contribution in [-0.2, 0) is 10.2 Å². The average Bonchev–Trinajstić information content (AvgIpc) is 3.24. The van der Waals surface area contributed by atoms with E-state index in [0.29, 0.717) is 23.0 Å². The summed E-state index contributed by atoms with van der Waals surface area (Å²) < 4.78 is 11.9. The first-order valence-corrected chi connectivity index (χ1v) is 10.4. The molecule has 0 bridgehead atoms. The zero-order chi connectivity index (χ0) is 20.3. The van der Waals surface area contributed by atoms with Gasteiger partial charge < -0.3 is 14.4 Å². The number of benzene rings is 2. The van der Waals surface area contributed by atoms with E-state index in [1.807, 2.05) is 18.2 Å². The van der Waals surface area contributed by atoms with Gasteiger partial charge in [-0.1, -0.05) is 70.7 Å². The summed E-state index contributed by atoms with van der Waals surface area (Å²) in [7, 11) is 0. The second-order valence-corrected chi connectivity index (χ2v) is 8.17. The van der Waals surface area contributed by atoms with E-state index < -0.39 is 12.6 Å². The second kappa shape index (κ2) is 8.37. The van der Waals surface area contributed by atoms with Crippen molar-refractivity contribution in [2.75, 3.05) is 6.61 Å². The number of aliphatic carboxylic acids is 1. The SMILES string of the molecule is O=C(O)COc1ccc(Br)cc1-c1nc(C2(c3ccccc3)CCCCC2)no1. The molecule has 1 aliphatic carbocycles. The Morgan fingerprint density at radius 2 is 1.90 bits per heavy atom. The van der Waals surface area contributed by atoms with Gasteiger partial charge in [0.2, 0.25) is 0 Å². The number of hydrogen-bond acceptors (Lipinski definition) is 5. The van der Waals surface area contributed by atoms with E-state index in [-0.39, 0.29) is 5.41 Å². The van der Waals surface area contributed by atoms with Crippen LogP contribution in [0, 0.1) is 0 Å². The Hall–Kier alpha value is -2.67. The third kappa shape index (κ3) is 4.05. The van der Waals surface area contributed by atoms with E-state index in [9.17, 15) is 4.79 Å². The highest BCUT2D eigenvalue weighted by atomic mass is 79.9. The molecule has 1 N–H and O–H groups in total. The van der Waals surface area contributed by atoms with Gasteiger partial charge in [0, 0.05) is 4.47 Å². The molecule has 6 nitrogen and oxygen atoms in total. The Morgan fingerprint density at radius 3 is 2.62 bits per heavy atom. The first-order chi connectivity index (χ1) is 14.1. The molecular formula is C22H21BrN2O4. The summed E-state index contributed by atoms with van der Waals surface area (Å²) in [4.78, 5) is 15.7. The highest BCUT2D eigenvalue weighted by molar-refractivity contribution is 9.10. The summed E-state index contributed by atoms with van der Waals surface area (Å²) in [5.74, 6) is 0.337. The Balaban J connectivity index is 1.74. The first kappa shape index (κ1) is 19.6. The van der Waals surface area contributed by atoms with Crippen molar-refractivity contribution in [3.05, 3.63) is 64.4 Å². The Labute approximate surface area is 177 Å². The number of rotatable bonds is 6. The summed E-state index contributed by atoms with van der Waals surface area (Å²) in [5, 5.41) is 13.3. The first-order valence-electron chi connectivity index (χ1n) is 9.63. The number of aromatic nitrogens is 2. The van der Waals surface area contributed by atoms with Gasteiger partial charge in [-0.3, -0.25) is 0 Å². The predicted molar refractivity (Wildman–Crippen MR) is 111 cm³/mol. The standard InChI is InChI=1S/C22H21BrN2O4/c23-16-9-10-18(28-14-19(26)27)17(13-16)20-24-21(25-29-20)22(11-5-2-6-12-22)15-7-3-1-4-8-15/h1,3-4,7-10,13H,2,5-6,11-12,14H2,(H,26,27). The largest absolute Gasteiger partial charge is 0.481 e. The van der Waals surface area contributed by atoms with Gasteiger partial charge >= 0.3 is 5.97 Å². The van der Waals surface area contributed by atoms with Crippen LogP contribution in [0.15, 0.2) is 57.5 Å². The van der Waals surface area contributed by atoms with Crippen molar-refractivity contribution in [3.63, 3.8) is 0 Å². The predicted octanol–water partition coefficient (Wildman–Crippen LogP) is 5.21. The van der Waals surface area contributed by atoms with E-state index in [0.717, 1.165) is 30.2 Å². The van der Waals surface area contributed by atoms with Crippen LogP contribution >= 0.6 is 15.9 Å². The molecule has 150 valence electrons. The van der Waals surface area contributed by atoms with E-state index in [4.69, 9.17) is 19.4 Å². The highest BCUT2D eigenvalue weighted by Crippen LogP contribution is 2.44. The highest BCUT2D eigenvalue weighted by Gasteiger charge is 2.40. The lowest BCUT2D eigenvalue weighted by Gasteiger charge is -2.34. The van der Waals surface area contributed by atoms with Crippen LogP contribution in [0.1, 0.15) is 43.5 Å². The fraction of sp³-hybridized carbons (Fsp3) is 0.318. The Bertz CT molecular complexity index is 997. The van der Waals surface area contributed by atoms with E-state index in [1.54, 1.807) is 18.2 Å². The van der Waals surface area contributed by atoms with Crippen LogP contribution in [-0.4, -0.2) is 27.8 Å². The molecule has 0 radical (unpaired) electrons. The zero-order valence-electron chi connectivity index (χ0n) is 15.8. The maximum atomic E-state index is 10.9. The number of carboxylic acid groups (broad SMARTS) is 1. The maximum Gasteiger partial charge on any atom is 0.341 e. The molecule has 7 heteroatoms. The minimum absolute atomic E-state index is 0.268. The van der Waals surface area contributed by atoms with Crippen molar-refractivity contribution in [3.8, 4) is 17.2 Å². The quantitative estimate of drug-likeness (QED) is 0.547. The van der Waals surface area contributed by atoms with Gasteiger partial charge in [0.1, 0.15) is 5.75 Å². The van der Waals surface area contributed by atoms with Gasteiger partial charge in [0.15, 0.2) is 12.4 Å². The number of carboxylic acids is 1. The second-order valence-electron chi connectivity index (χ2n) is 7.25. The summed E-state index contributed by atoms with van der Waals surface area (Å²) in [6.07, 6.45) is 5.37. The third-order valence-electron chi connectivity index (χ3n) is 5.41. The Morgan fingerprint density at radius 1 is 1.14 bits per heavy atom. The van der Waals surface area contributed by atoms with E-state index in [2.05, 4.69) is 33.2 Å². The molecule has 0 amide bonds. The zero-order valence-corrected chi connectivity index (χ0v) is 17.4. The van der Waals surface area contributed by atoms with Crippen LogP contribution < -0.4 is 4.74 Å². The molecule has 0 spiro atoms. The van der Waals surface area contributed by atoms with E-state index >= 15 is 0 Å². The molecule has 1 saturated carbocycles. The van der Waals surface area contributed by atoms with Crippen molar-refractivity contribution < 1.29 is 19.2 Å². The fourth-order valence-corrected chi connectivity index (χ4v) is 4.38. The number of hydrogen-bond donors (Lipinski definition) is 1. The smallest absolute Gasteiger partial charge is 0.341 e. The number of nitrogens with zero attached hydrogens (tertiary/aromatic N) is 2. The van der Waals surface area contributed by atoms with Crippen LogP contribution in [0.2, 0.25) is 0 Å². The van der Waals surface area contributed by atoms with Crippen LogP contribution in [0.4, 0.5) is 0 Å². The molecule has 0 saturated heterocycles. The Kier molecular flexibility index (Phi) is 5.67. The molecule has 1 heterocycles. The van der Waals surface area contributed by atoms with Gasteiger partial charge in [-0.05, 0) is 36.6 Å². The fourth-order valence-electron chi connectivity index (χ4n) is 4.02. The molecule has 4 rings (SSSR count). The minimum atomic E-state index is -1.05. The molecule has 1 fully saturated rings. The monoisotopic (exact) mass is 456 g/mol. The summed E-state index contributed by atoms with van der Waals surface area (Å²) in [5.41, 5.74) is 1.50. The van der Waals surface area contributed by atoms with E-state index in [1.165, 1.54) is 12.0 Å². The molecule has 1 aliphatic rings. The normalized spacial score (nSPS) is 15.8. The molecule has 29 heavy (non-hydrogen) atoms. The average molecular weight is 457 g/mol. The van der Waals surface area contributed by atoms with Crippen molar-refractivity contribution in [2.24, 2.45) is 0 Å². The van der Waals surface area contributed by atoms with Crippen LogP contribution in [0.25, 0.3) is 11.5 Å². The summed E-state index contributed by atoms with van der Waals surface area (Å²) in [6.45, 7) is -0.441.